The van der Waals surface area contributed by atoms with E-state index >= 15 is 0 Å². The number of pyridine rings is 2. The summed E-state index contributed by atoms with van der Waals surface area (Å²) in [6.45, 7) is 0. The molecule has 17 nitrogen and oxygen atoms in total. The van der Waals surface area contributed by atoms with Crippen molar-refractivity contribution < 1.29 is 14.7 Å². The molecule has 0 aliphatic heterocycles. The number of anilines is 4. The predicted molar refractivity (Wildman–Crippen MR) is 264 cm³/mol. The Morgan fingerprint density at radius 3 is 1.63 bits per heavy atom. The number of nitrogen functional groups attached to an aromatic ring is 2. The van der Waals surface area contributed by atoms with Crippen molar-refractivity contribution in [3.05, 3.63) is 131 Å². The SMILES string of the molecule is N[C@H]1CCC[C@@H](Nc2ncc(Cl)c(-c3cccc4[nH]ccc34)n2)C1.Nc1ccc(C(=O)N[C@H]2CCC[C@@H](Nc3ncc(Cl)c(-c4cccc5[nH]ccc45)n3)C2)nc1.Nc1ccc(C(=O)O)nc1. The summed E-state index contributed by atoms with van der Waals surface area (Å²) in [4.78, 5) is 55.0. The number of nitrogens with two attached hydrogens (primary N) is 3. The van der Waals surface area contributed by atoms with Gasteiger partial charge in [0.2, 0.25) is 11.9 Å². The van der Waals surface area contributed by atoms with E-state index in [-0.39, 0.29) is 29.7 Å². The second kappa shape index (κ2) is 21.3. The van der Waals surface area contributed by atoms with Gasteiger partial charge in [0.05, 0.1) is 57.6 Å². The van der Waals surface area contributed by atoms with Gasteiger partial charge in [0, 0.05) is 69.5 Å². The number of nitrogens with zero attached hydrogens (tertiary/aromatic N) is 6. The number of hydrogen-bond donors (Lipinski definition) is 9. The van der Waals surface area contributed by atoms with E-state index in [4.69, 9.17) is 50.5 Å². The van der Waals surface area contributed by atoms with Gasteiger partial charge in [0.1, 0.15) is 11.4 Å². The average molecular weight is 942 g/mol. The lowest BCUT2D eigenvalue weighted by molar-refractivity contribution is 0.0690. The second-order valence-corrected chi connectivity index (χ2v) is 17.3. The molecule has 19 heteroatoms. The minimum Gasteiger partial charge on any atom is -0.477 e. The van der Waals surface area contributed by atoms with Gasteiger partial charge in [-0.25, -0.2) is 34.7 Å². The Bertz CT molecular complexity index is 2960. The zero-order chi connectivity index (χ0) is 46.9. The summed E-state index contributed by atoms with van der Waals surface area (Å²) < 4.78 is 0. The molecule has 2 fully saturated rings. The van der Waals surface area contributed by atoms with Crippen molar-refractivity contribution in [3.63, 3.8) is 0 Å². The molecular weight excluding hydrogens is 892 g/mol. The summed E-state index contributed by atoms with van der Waals surface area (Å²) in [5, 5.41) is 21.5. The lowest BCUT2D eigenvalue weighted by Crippen LogP contribution is -2.42. The molecule has 8 aromatic rings. The number of aromatic carboxylic acids is 1. The van der Waals surface area contributed by atoms with Crippen LogP contribution in [0.2, 0.25) is 10.0 Å². The number of aromatic amines is 2. The third-order valence-electron chi connectivity index (χ3n) is 11.6. The van der Waals surface area contributed by atoms with Gasteiger partial charge in [-0.05, 0) is 99.9 Å². The third kappa shape index (κ3) is 11.7. The molecule has 0 unspecified atom stereocenters. The van der Waals surface area contributed by atoms with Crippen molar-refractivity contribution in [1.29, 1.82) is 0 Å². The van der Waals surface area contributed by atoms with Gasteiger partial charge < -0.3 is 48.2 Å². The maximum atomic E-state index is 12.5. The van der Waals surface area contributed by atoms with Crippen molar-refractivity contribution in [2.45, 2.75) is 75.5 Å². The van der Waals surface area contributed by atoms with E-state index in [9.17, 15) is 9.59 Å². The van der Waals surface area contributed by atoms with E-state index in [0.29, 0.717) is 50.7 Å². The third-order valence-corrected chi connectivity index (χ3v) is 12.2. The summed E-state index contributed by atoms with van der Waals surface area (Å²) >= 11 is 12.8. The highest BCUT2D eigenvalue weighted by molar-refractivity contribution is 6.33. The Labute approximate surface area is 395 Å². The molecule has 0 spiro atoms. The molecule has 2 saturated carbocycles. The Kier molecular flexibility index (Phi) is 14.7. The van der Waals surface area contributed by atoms with Crippen molar-refractivity contribution in [2.24, 2.45) is 5.73 Å². The molecule has 67 heavy (non-hydrogen) atoms. The van der Waals surface area contributed by atoms with Crippen molar-refractivity contribution in [1.82, 2.24) is 45.2 Å². The number of aromatic nitrogens is 8. The zero-order valence-electron chi connectivity index (χ0n) is 36.3. The van der Waals surface area contributed by atoms with Gasteiger partial charge in [0.25, 0.3) is 5.91 Å². The number of H-pyrrole nitrogens is 2. The molecule has 0 bridgehead atoms. The number of hydrogen-bond acceptors (Lipinski definition) is 13. The number of carbonyl (C=O) groups is 2. The fourth-order valence-corrected chi connectivity index (χ4v) is 8.73. The lowest BCUT2D eigenvalue weighted by Gasteiger charge is -2.30. The van der Waals surface area contributed by atoms with Crippen LogP contribution in [0.15, 0.2) is 110 Å². The fraction of sp³-hybridized carbons (Fsp3) is 0.250. The Morgan fingerprint density at radius 1 is 0.612 bits per heavy atom. The number of carbonyl (C=O) groups excluding carboxylic acids is 1. The normalized spacial score (nSPS) is 17.9. The molecule has 344 valence electrons. The molecule has 1 amide bonds. The molecule has 2 aliphatic carbocycles. The average Bonchev–Trinajstić information content (AvgIpc) is 4.02. The highest BCUT2D eigenvalue weighted by atomic mass is 35.5. The van der Waals surface area contributed by atoms with E-state index < -0.39 is 5.97 Å². The van der Waals surface area contributed by atoms with Gasteiger partial charge in [-0.3, -0.25) is 4.79 Å². The lowest BCUT2D eigenvalue weighted by atomic mass is 9.91. The van der Waals surface area contributed by atoms with Gasteiger partial charge in [-0.2, -0.15) is 0 Å². The number of benzene rings is 2. The Balaban J connectivity index is 0.000000156. The summed E-state index contributed by atoms with van der Waals surface area (Å²) in [5.74, 6) is -0.0922. The van der Waals surface area contributed by atoms with Crippen LogP contribution in [-0.4, -0.2) is 81.0 Å². The van der Waals surface area contributed by atoms with Crippen LogP contribution in [0.1, 0.15) is 72.3 Å². The van der Waals surface area contributed by atoms with E-state index in [2.05, 4.69) is 50.8 Å². The van der Waals surface area contributed by atoms with Crippen LogP contribution in [0, 0.1) is 0 Å². The van der Waals surface area contributed by atoms with Crippen molar-refractivity contribution in [2.75, 3.05) is 22.1 Å². The molecule has 2 aliphatic rings. The van der Waals surface area contributed by atoms with Crippen LogP contribution in [-0.2, 0) is 0 Å². The molecule has 6 heterocycles. The van der Waals surface area contributed by atoms with Gasteiger partial charge >= 0.3 is 5.97 Å². The second-order valence-electron chi connectivity index (χ2n) is 16.5. The molecule has 0 saturated heterocycles. The van der Waals surface area contributed by atoms with Gasteiger partial charge in [0.15, 0.2) is 0 Å². The molecule has 6 aromatic heterocycles. The first-order valence-electron chi connectivity index (χ1n) is 21.9. The molecule has 4 atom stereocenters. The van der Waals surface area contributed by atoms with Crippen LogP contribution in [0.5, 0.6) is 0 Å². The van der Waals surface area contributed by atoms with Crippen LogP contribution in [0.25, 0.3) is 44.3 Å². The quantitative estimate of drug-likeness (QED) is 0.0655. The number of carboxylic acids is 1. The predicted octanol–water partition coefficient (Wildman–Crippen LogP) is 8.73. The smallest absolute Gasteiger partial charge is 0.354 e. The van der Waals surface area contributed by atoms with Crippen LogP contribution in [0.4, 0.5) is 23.3 Å². The van der Waals surface area contributed by atoms with Gasteiger partial charge in [-0.1, -0.05) is 47.5 Å². The molecule has 10 rings (SSSR count). The minimum absolute atomic E-state index is 0.00852. The zero-order valence-corrected chi connectivity index (χ0v) is 37.8. The number of halogens is 2. The maximum Gasteiger partial charge on any atom is 0.354 e. The van der Waals surface area contributed by atoms with E-state index in [0.717, 1.165) is 90.0 Å². The highest BCUT2D eigenvalue weighted by Crippen LogP contribution is 2.34. The maximum absolute atomic E-state index is 12.5. The Morgan fingerprint density at radius 2 is 1.12 bits per heavy atom. The van der Waals surface area contributed by atoms with E-state index in [1.165, 1.54) is 24.5 Å². The highest BCUT2D eigenvalue weighted by Gasteiger charge is 2.25. The topological polar surface area (TPSA) is 277 Å². The van der Waals surface area contributed by atoms with Crippen LogP contribution < -0.4 is 33.2 Å². The fourth-order valence-electron chi connectivity index (χ4n) is 8.34. The number of nitrogens with one attached hydrogen (secondary N) is 5. The summed E-state index contributed by atoms with van der Waals surface area (Å²) in [6.07, 6.45) is 17.9. The number of fused-ring (bicyclic) bond motifs is 2. The molecular formula is C48H50Cl2N14O3. The summed E-state index contributed by atoms with van der Waals surface area (Å²) in [6, 6.07) is 23.1. The summed E-state index contributed by atoms with van der Waals surface area (Å²) in [5.41, 5.74) is 23.9. The Hall–Kier alpha value is -7.34. The minimum atomic E-state index is -1.04. The van der Waals surface area contributed by atoms with Crippen LogP contribution in [0.3, 0.4) is 0 Å². The molecule has 12 N–H and O–H groups in total. The van der Waals surface area contributed by atoms with Crippen molar-refractivity contribution in [3.8, 4) is 22.5 Å². The van der Waals surface area contributed by atoms with Gasteiger partial charge in [-0.15, -0.1) is 0 Å². The largest absolute Gasteiger partial charge is 0.477 e. The first-order valence-corrected chi connectivity index (χ1v) is 22.7. The summed E-state index contributed by atoms with van der Waals surface area (Å²) in [7, 11) is 0. The molecule has 2 aromatic carbocycles. The number of carboxylic acid groups (broad SMARTS) is 1. The monoisotopic (exact) mass is 940 g/mol. The van der Waals surface area contributed by atoms with Crippen molar-refractivity contribution >= 4 is 80.2 Å². The van der Waals surface area contributed by atoms with E-state index in [1.807, 2.05) is 60.9 Å². The number of rotatable bonds is 9. The standard InChI is InChI=1S/C24H24ClN7O.C18H20ClN5.C6H6N2O2/c25-19-13-29-24(32-22(19)18-5-2-6-20-17(18)9-10-27-20)31-16-4-1-3-15(11-16)30-23(33)21-8-7-14(26)12-28-21;19-15-10-22-18(23-12-4-1-3-11(20)9-12)24-17(15)14-5-2-6-16-13(14)7-8-21-16;7-4-1-2-5(6(9)10)8-3-4/h2,5-10,12-13,15-16,27H,1,3-4,11,26H2,(H,30,33)(H,29,31,32);2,5-8,10-12,21H,1,3-4,9,20H2,(H,22,23,24);1-3H,7H2,(H,9,10)/t15-,16+;11-,12+;/m00./s1. The number of amides is 1. The molecule has 0 radical (unpaired) electrons. The first-order chi connectivity index (χ1) is 32.5. The van der Waals surface area contributed by atoms with Crippen LogP contribution >= 0.6 is 23.2 Å². The van der Waals surface area contributed by atoms with E-state index in [1.54, 1.807) is 24.5 Å². The first kappa shape index (κ1) is 46.2.